The van der Waals surface area contributed by atoms with Gasteiger partial charge in [-0.25, -0.2) is 0 Å². The number of hydrogen-bond donors (Lipinski definition) is 2. The number of benzene rings is 1. The van der Waals surface area contributed by atoms with Crippen molar-refractivity contribution in [2.24, 2.45) is 0 Å². The molecule has 0 saturated heterocycles. The first-order chi connectivity index (χ1) is 12.9. The van der Waals surface area contributed by atoms with Crippen LogP contribution in [-0.2, 0) is 0 Å². The van der Waals surface area contributed by atoms with Crippen molar-refractivity contribution in [1.29, 1.82) is 5.26 Å². The number of nitriles is 1. The Kier molecular flexibility index (Phi) is 5.70. The molecule has 0 aliphatic carbocycles. The van der Waals surface area contributed by atoms with Crippen LogP contribution < -0.4 is 0 Å². The number of rotatable bonds is 5. The van der Waals surface area contributed by atoms with Crippen LogP contribution in [0.2, 0.25) is 14.3 Å². The fraction of sp³-hybridized carbons (Fsp3) is 0.250. The molecule has 0 bridgehead atoms. The number of carbonyl (C=O) groups is 1. The van der Waals surface area contributed by atoms with E-state index in [9.17, 15) is 9.90 Å². The fourth-order valence-corrected chi connectivity index (χ4v) is 5.12. The first-order valence-electron chi connectivity index (χ1n) is 8.66. The Labute approximate surface area is 165 Å². The molecule has 0 fully saturated rings. The zero-order valence-corrected chi connectivity index (χ0v) is 18.4. The number of aromatic hydroxyl groups is 1. The molecule has 3 aromatic rings. The van der Waals surface area contributed by atoms with Gasteiger partial charge in [0.05, 0.1) is 6.07 Å². The van der Waals surface area contributed by atoms with Gasteiger partial charge in [-0.2, -0.15) is 5.26 Å². The first kappa shape index (κ1) is 19.2. The van der Waals surface area contributed by atoms with Crippen molar-refractivity contribution in [2.75, 3.05) is 13.6 Å². The summed E-state index contributed by atoms with van der Waals surface area (Å²) < 4.78 is 1.14. The van der Waals surface area contributed by atoms with E-state index in [1.165, 1.54) is 6.20 Å². The van der Waals surface area contributed by atoms with E-state index in [4.69, 9.17) is 5.26 Å². The summed E-state index contributed by atoms with van der Waals surface area (Å²) in [5.41, 5.74) is 2.83. The van der Waals surface area contributed by atoms with Gasteiger partial charge in [-0.1, -0.05) is 0 Å². The molecule has 3 rings (SSSR count). The van der Waals surface area contributed by atoms with Crippen molar-refractivity contribution in [2.45, 2.75) is 14.3 Å². The predicted molar refractivity (Wildman–Crippen MR) is 107 cm³/mol. The number of amides is 1. The van der Waals surface area contributed by atoms with E-state index in [2.05, 4.69) is 25.9 Å². The number of pyridine rings is 1. The molecule has 0 unspecified atom stereocenters. The number of hydrogen-bond acceptors (Lipinski definition) is 4. The minimum atomic E-state index is -1.22. The maximum absolute atomic E-state index is 12.5. The zero-order valence-electron chi connectivity index (χ0n) is 15.6. The zero-order chi connectivity index (χ0) is 19.6. The molecule has 2 heterocycles. The summed E-state index contributed by atoms with van der Waals surface area (Å²) in [4.78, 5) is 26.2. The van der Waals surface area contributed by atoms with Gasteiger partial charge in [0, 0.05) is 0 Å². The van der Waals surface area contributed by atoms with Crippen LogP contribution in [0, 0.1) is 11.3 Å². The number of aromatic amines is 1. The third-order valence-corrected chi connectivity index (χ3v) is 7.96. The molecule has 0 aliphatic heterocycles. The fourth-order valence-electron chi connectivity index (χ4n) is 2.89. The van der Waals surface area contributed by atoms with Crippen LogP contribution in [0.15, 0.2) is 36.5 Å². The second kappa shape index (κ2) is 8.01. The quantitative estimate of drug-likeness (QED) is 0.560. The van der Waals surface area contributed by atoms with Crippen molar-refractivity contribution in [3.8, 4) is 23.2 Å². The molecule has 0 saturated carbocycles. The standard InChI is InChI=1S/C18H15N4O2.2CH3.Sn/c1-3-22(2)18(24)12-5-7-15(20-10-12)16-13-8-11(9-19)4-6-14(13)21-17(16)23;;;/h4-8,10,21,23H,1,3H2,2H3;2*1H3;. The van der Waals surface area contributed by atoms with Gasteiger partial charge in [0.15, 0.2) is 0 Å². The van der Waals surface area contributed by atoms with Gasteiger partial charge in [-0.3, -0.25) is 0 Å². The Morgan fingerprint density at radius 1 is 1.33 bits per heavy atom. The number of fused-ring (bicyclic) bond motifs is 1. The van der Waals surface area contributed by atoms with E-state index < -0.39 is 19.8 Å². The molecular weight excluding hydrogens is 447 g/mol. The van der Waals surface area contributed by atoms with E-state index in [0.29, 0.717) is 22.4 Å². The van der Waals surface area contributed by atoms with Crippen molar-refractivity contribution in [1.82, 2.24) is 14.9 Å². The summed E-state index contributed by atoms with van der Waals surface area (Å²) in [6.07, 6.45) is 1.54. The number of aromatic nitrogens is 2. The van der Waals surface area contributed by atoms with Crippen LogP contribution in [0.3, 0.4) is 0 Å². The Balaban J connectivity index is 1.90. The minimum absolute atomic E-state index is 0.00672. The average Bonchev–Trinajstić information content (AvgIpc) is 3.00. The monoisotopic (exact) mass is 469 g/mol. The number of nitrogens with one attached hydrogen (secondary N) is 1. The van der Waals surface area contributed by atoms with E-state index in [1.807, 2.05) is 7.05 Å². The van der Waals surface area contributed by atoms with E-state index >= 15 is 0 Å². The summed E-state index contributed by atoms with van der Waals surface area (Å²) in [6, 6.07) is 10.7. The molecule has 6 nitrogen and oxygen atoms in total. The Morgan fingerprint density at radius 3 is 2.74 bits per heavy atom. The molecule has 0 atom stereocenters. The van der Waals surface area contributed by atoms with Gasteiger partial charge < -0.3 is 0 Å². The van der Waals surface area contributed by atoms with Gasteiger partial charge in [-0.05, 0) is 6.07 Å². The normalized spacial score (nSPS) is 10.9. The Bertz CT molecular complexity index is 1020. The SMILES string of the molecule is CN(C[CH2][Sn]([CH3])[CH3])C(=O)c1ccc(-c2c(O)[nH]c3ccc(C#N)cc23)nc1. The van der Waals surface area contributed by atoms with Crippen molar-refractivity contribution < 1.29 is 9.90 Å². The molecule has 0 aliphatic rings. The molecule has 1 amide bonds. The van der Waals surface area contributed by atoms with Gasteiger partial charge in [0.1, 0.15) is 0 Å². The first-order valence-corrected chi connectivity index (χ1v) is 16.4. The Hall–Kier alpha value is -2.53. The molecule has 7 heteroatoms. The van der Waals surface area contributed by atoms with E-state index in [1.54, 1.807) is 35.2 Å². The molecule has 137 valence electrons. The van der Waals surface area contributed by atoms with Crippen LogP contribution in [0.4, 0.5) is 0 Å². The molecule has 2 aromatic heterocycles. The van der Waals surface area contributed by atoms with Crippen LogP contribution in [0.25, 0.3) is 22.2 Å². The van der Waals surface area contributed by atoms with Crippen molar-refractivity contribution >= 4 is 36.6 Å². The third-order valence-electron chi connectivity index (χ3n) is 4.47. The molecule has 27 heavy (non-hydrogen) atoms. The maximum atomic E-state index is 12.5. The predicted octanol–water partition coefficient (Wildman–Crippen LogP) is 3.63. The van der Waals surface area contributed by atoms with Gasteiger partial charge in [0.25, 0.3) is 0 Å². The second-order valence-corrected chi connectivity index (χ2v) is 15.2. The topological polar surface area (TPSA) is 93.0 Å². The molecule has 2 N–H and O–H groups in total. The summed E-state index contributed by atoms with van der Waals surface area (Å²) >= 11 is -1.22. The van der Waals surface area contributed by atoms with E-state index in [0.717, 1.165) is 21.9 Å². The van der Waals surface area contributed by atoms with E-state index in [-0.39, 0.29) is 11.8 Å². The number of nitrogens with zero attached hydrogens (tertiary/aromatic N) is 3. The molecule has 1 radical (unpaired) electrons. The van der Waals surface area contributed by atoms with Crippen LogP contribution in [-0.4, -0.2) is 59.2 Å². The van der Waals surface area contributed by atoms with Crippen molar-refractivity contribution in [3.63, 3.8) is 0 Å². The van der Waals surface area contributed by atoms with Gasteiger partial charge >= 0.3 is 148 Å². The van der Waals surface area contributed by atoms with Gasteiger partial charge in [-0.15, -0.1) is 0 Å². The Morgan fingerprint density at radius 2 is 2.11 bits per heavy atom. The number of H-pyrrole nitrogens is 1. The summed E-state index contributed by atoms with van der Waals surface area (Å²) in [5.74, 6) is -0.0543. The summed E-state index contributed by atoms with van der Waals surface area (Å²) in [6.45, 7) is 0.780. The van der Waals surface area contributed by atoms with Crippen LogP contribution >= 0.6 is 0 Å². The molecular formula is C20H21N4O2Sn. The second-order valence-electron chi connectivity index (χ2n) is 6.84. The van der Waals surface area contributed by atoms with Crippen LogP contribution in [0.1, 0.15) is 15.9 Å². The molecule has 1 aromatic carbocycles. The summed E-state index contributed by atoms with van der Waals surface area (Å²) in [5, 5.41) is 20.1. The third kappa shape index (κ3) is 4.08. The molecule has 0 spiro atoms. The number of carbonyl (C=O) groups excluding carboxylic acids is 1. The van der Waals surface area contributed by atoms with Crippen molar-refractivity contribution in [3.05, 3.63) is 47.7 Å². The van der Waals surface area contributed by atoms with Gasteiger partial charge in [0.2, 0.25) is 0 Å². The van der Waals surface area contributed by atoms with Crippen LogP contribution in [0.5, 0.6) is 5.88 Å². The summed E-state index contributed by atoms with van der Waals surface area (Å²) in [7, 11) is 1.82. The average molecular weight is 468 g/mol.